The molecule has 0 fully saturated rings. The van der Waals surface area contributed by atoms with Crippen LogP contribution in [0.25, 0.3) is 5.57 Å². The van der Waals surface area contributed by atoms with Crippen LogP contribution >= 0.6 is 0 Å². The summed E-state index contributed by atoms with van der Waals surface area (Å²) < 4.78 is 45.2. The van der Waals surface area contributed by atoms with Gasteiger partial charge in [-0.3, -0.25) is 0 Å². The van der Waals surface area contributed by atoms with E-state index in [1.165, 1.54) is 13.2 Å². The number of aliphatic carboxylic acids is 1. The van der Waals surface area contributed by atoms with Crippen molar-refractivity contribution in [2.24, 2.45) is 0 Å². The van der Waals surface area contributed by atoms with Gasteiger partial charge in [-0.05, 0) is 48.7 Å². The number of sulfonamides is 1. The number of nitrogens with zero attached hydrogens (tertiary/aromatic N) is 1. The lowest BCUT2D eigenvalue weighted by molar-refractivity contribution is -0.132. The highest BCUT2D eigenvalue weighted by Gasteiger charge is 2.42. The Balaban J connectivity index is 1.93. The third-order valence-electron chi connectivity index (χ3n) is 5.91. The van der Waals surface area contributed by atoms with E-state index in [0.29, 0.717) is 39.6 Å². The second-order valence-corrected chi connectivity index (χ2v) is 9.70. The molecule has 0 aliphatic carbocycles. The lowest BCUT2D eigenvalue weighted by Crippen LogP contribution is -2.39. The van der Waals surface area contributed by atoms with Crippen LogP contribution in [0.15, 0.2) is 65.2 Å². The summed E-state index contributed by atoms with van der Waals surface area (Å²) in [4.78, 5) is 12.8. The van der Waals surface area contributed by atoms with Crippen molar-refractivity contribution in [2.75, 3.05) is 18.2 Å². The molecule has 34 heavy (non-hydrogen) atoms. The van der Waals surface area contributed by atoms with E-state index in [9.17, 15) is 18.3 Å². The Morgan fingerprint density at radius 2 is 1.74 bits per heavy atom. The van der Waals surface area contributed by atoms with Crippen molar-refractivity contribution in [3.63, 3.8) is 0 Å². The van der Waals surface area contributed by atoms with Gasteiger partial charge in [0.1, 0.15) is 0 Å². The zero-order valence-corrected chi connectivity index (χ0v) is 19.5. The summed E-state index contributed by atoms with van der Waals surface area (Å²) in [5, 5.41) is 10.4. The predicted octanol–water partition coefficient (Wildman–Crippen LogP) is 4.09. The molecule has 0 amide bonds. The van der Waals surface area contributed by atoms with E-state index in [1.807, 2.05) is 0 Å². The van der Waals surface area contributed by atoms with Gasteiger partial charge in [0.2, 0.25) is 12.5 Å². The van der Waals surface area contributed by atoms with Crippen LogP contribution < -0.4 is 18.5 Å². The quantitative estimate of drug-likeness (QED) is 0.601. The Labute approximate surface area is 196 Å². The number of anilines is 1. The molecule has 2 aliphatic heterocycles. The number of carbonyl (C=O) groups is 1. The lowest BCUT2D eigenvalue weighted by atomic mass is 9.94. The topological polar surface area (TPSA) is 102 Å². The summed E-state index contributed by atoms with van der Waals surface area (Å²) in [7, 11) is -2.77. The van der Waals surface area contributed by atoms with E-state index < -0.39 is 16.0 Å². The van der Waals surface area contributed by atoms with E-state index >= 15 is 0 Å². The Kier molecular flexibility index (Phi) is 5.02. The SMILES string of the molecule is COc1cc(C2=C(C(=O)O)N(c3c(C)cccc3C)S(=O)(=O)c3ccccc32)cc2c1OCO2. The number of hydrogen-bond acceptors (Lipinski definition) is 6. The highest BCUT2D eigenvalue weighted by molar-refractivity contribution is 7.93. The summed E-state index contributed by atoms with van der Waals surface area (Å²) in [6.45, 7) is 3.50. The third-order valence-corrected chi connectivity index (χ3v) is 7.66. The van der Waals surface area contributed by atoms with Crippen LogP contribution in [0, 0.1) is 13.8 Å². The molecule has 0 unspecified atom stereocenters. The Morgan fingerprint density at radius 3 is 2.41 bits per heavy atom. The van der Waals surface area contributed by atoms with Gasteiger partial charge < -0.3 is 19.3 Å². The van der Waals surface area contributed by atoms with Crippen molar-refractivity contribution >= 4 is 27.3 Å². The van der Waals surface area contributed by atoms with Crippen LogP contribution in [0.1, 0.15) is 22.3 Å². The molecule has 0 saturated heterocycles. The number of ether oxygens (including phenoxy) is 3. The van der Waals surface area contributed by atoms with Crippen molar-refractivity contribution in [3.05, 3.63) is 82.5 Å². The van der Waals surface area contributed by atoms with E-state index in [2.05, 4.69) is 0 Å². The highest BCUT2D eigenvalue weighted by atomic mass is 32.2. The van der Waals surface area contributed by atoms with Gasteiger partial charge in [0, 0.05) is 11.1 Å². The van der Waals surface area contributed by atoms with Crippen LogP contribution in [0.2, 0.25) is 0 Å². The molecule has 8 nitrogen and oxygen atoms in total. The maximum absolute atomic E-state index is 13.9. The van der Waals surface area contributed by atoms with Crippen LogP contribution in [0.3, 0.4) is 0 Å². The number of rotatable bonds is 4. The molecule has 2 aliphatic rings. The average Bonchev–Trinajstić information content (AvgIpc) is 3.28. The van der Waals surface area contributed by atoms with E-state index in [0.717, 1.165) is 4.31 Å². The molecule has 9 heteroatoms. The largest absolute Gasteiger partial charge is 0.493 e. The summed E-state index contributed by atoms with van der Waals surface area (Å²) >= 11 is 0. The van der Waals surface area contributed by atoms with Crippen molar-refractivity contribution in [1.29, 1.82) is 0 Å². The first-order valence-electron chi connectivity index (χ1n) is 10.4. The normalized spacial score (nSPS) is 15.8. The number of hydrogen-bond donors (Lipinski definition) is 1. The number of fused-ring (bicyclic) bond motifs is 2. The number of para-hydroxylation sites is 1. The van der Waals surface area contributed by atoms with Crippen LogP contribution in [-0.2, 0) is 14.8 Å². The van der Waals surface area contributed by atoms with Gasteiger partial charge in [-0.25, -0.2) is 17.5 Å². The maximum atomic E-state index is 13.9. The monoisotopic (exact) mass is 479 g/mol. The molecular formula is C25H21NO7S. The van der Waals surface area contributed by atoms with Crippen molar-refractivity contribution in [2.45, 2.75) is 18.7 Å². The smallest absolute Gasteiger partial charge is 0.354 e. The molecule has 3 aromatic carbocycles. The molecule has 2 heterocycles. The van der Waals surface area contributed by atoms with Gasteiger partial charge in [0.25, 0.3) is 10.0 Å². The number of benzene rings is 3. The van der Waals surface area contributed by atoms with E-state index in [-0.39, 0.29) is 28.5 Å². The number of carboxylic acids is 1. The highest BCUT2D eigenvalue weighted by Crippen LogP contribution is 2.48. The molecule has 0 bridgehead atoms. The fourth-order valence-corrected chi connectivity index (χ4v) is 6.30. The number of carboxylic acid groups (broad SMARTS) is 1. The van der Waals surface area contributed by atoms with Gasteiger partial charge in [-0.1, -0.05) is 36.4 Å². The molecule has 174 valence electrons. The van der Waals surface area contributed by atoms with Gasteiger partial charge >= 0.3 is 5.97 Å². The second-order valence-electron chi connectivity index (χ2n) is 7.95. The average molecular weight is 480 g/mol. The van der Waals surface area contributed by atoms with E-state index in [1.54, 1.807) is 62.4 Å². The first-order chi connectivity index (χ1) is 16.3. The summed E-state index contributed by atoms with van der Waals surface area (Å²) in [6.07, 6.45) is 0. The second kappa shape index (κ2) is 7.81. The van der Waals surface area contributed by atoms with Gasteiger partial charge in [0.15, 0.2) is 17.2 Å². The third kappa shape index (κ3) is 3.12. The van der Waals surface area contributed by atoms with E-state index in [4.69, 9.17) is 14.2 Å². The maximum Gasteiger partial charge on any atom is 0.354 e. The number of aryl methyl sites for hydroxylation is 2. The standard InChI is InChI=1S/C25H21NO7S/c1-14-7-6-8-15(2)22(14)26-23(25(27)28)21(17-9-4-5-10-20(17)34(26,29)30)16-11-18(31-3)24-19(12-16)32-13-33-24/h4-12H,13H2,1-3H3,(H,27,28). The van der Waals surface area contributed by atoms with Crippen LogP contribution in [-0.4, -0.2) is 33.4 Å². The summed E-state index contributed by atoms with van der Waals surface area (Å²) in [5.74, 6) is -0.234. The Morgan fingerprint density at radius 1 is 1.03 bits per heavy atom. The predicted molar refractivity (Wildman–Crippen MR) is 125 cm³/mol. The fourth-order valence-electron chi connectivity index (χ4n) is 4.46. The first kappa shape index (κ1) is 21.8. The molecule has 3 aromatic rings. The molecule has 0 atom stereocenters. The minimum absolute atomic E-state index is 0.000518. The Bertz CT molecular complexity index is 1470. The van der Waals surface area contributed by atoms with Gasteiger partial charge in [-0.15, -0.1) is 0 Å². The van der Waals surface area contributed by atoms with Gasteiger partial charge in [0.05, 0.1) is 17.7 Å². The van der Waals surface area contributed by atoms with Crippen molar-refractivity contribution < 1.29 is 32.5 Å². The first-order valence-corrected chi connectivity index (χ1v) is 11.9. The van der Waals surface area contributed by atoms with Gasteiger partial charge in [-0.2, -0.15) is 0 Å². The molecule has 1 N–H and O–H groups in total. The molecule has 0 saturated carbocycles. The van der Waals surface area contributed by atoms with Crippen molar-refractivity contribution in [3.8, 4) is 17.2 Å². The molecule has 5 rings (SSSR count). The minimum atomic E-state index is -4.24. The molecular weight excluding hydrogens is 458 g/mol. The fraction of sp³-hybridized carbons (Fsp3) is 0.160. The lowest BCUT2D eigenvalue weighted by Gasteiger charge is -2.34. The summed E-state index contributed by atoms with van der Waals surface area (Å²) in [5.41, 5.74) is 2.13. The molecule has 0 spiro atoms. The zero-order valence-electron chi connectivity index (χ0n) is 18.7. The number of methoxy groups -OCH3 is 1. The summed E-state index contributed by atoms with van der Waals surface area (Å²) in [6, 6.07) is 14.9. The molecule has 0 aromatic heterocycles. The minimum Gasteiger partial charge on any atom is -0.493 e. The van der Waals surface area contributed by atoms with Crippen LogP contribution in [0.5, 0.6) is 17.2 Å². The zero-order chi connectivity index (χ0) is 24.2. The Hall–Kier alpha value is -3.98. The van der Waals surface area contributed by atoms with Crippen LogP contribution in [0.4, 0.5) is 5.69 Å². The van der Waals surface area contributed by atoms with Crippen molar-refractivity contribution in [1.82, 2.24) is 0 Å². The molecule has 0 radical (unpaired) electrons.